The van der Waals surface area contributed by atoms with Gasteiger partial charge in [-0.05, 0) is 19.1 Å². The van der Waals surface area contributed by atoms with E-state index in [1.807, 2.05) is 29.0 Å². The summed E-state index contributed by atoms with van der Waals surface area (Å²) >= 11 is 1.72. The highest BCUT2D eigenvalue weighted by Gasteiger charge is 2.28. The molecule has 1 fully saturated rings. The van der Waals surface area contributed by atoms with Crippen molar-refractivity contribution < 1.29 is 4.79 Å². The minimum absolute atomic E-state index is 0.259. The summed E-state index contributed by atoms with van der Waals surface area (Å²) in [7, 11) is 2.01. The molecule has 130 valence electrons. The number of rotatable bonds is 6. The van der Waals surface area contributed by atoms with E-state index >= 15 is 0 Å². The summed E-state index contributed by atoms with van der Waals surface area (Å²) in [5.41, 5.74) is 0. The van der Waals surface area contributed by atoms with Gasteiger partial charge in [-0.1, -0.05) is 0 Å². The standard InChI is InChI=1S/C16H24N6OS/c1-20-14(11-21-8-6-17-12-21)18-19-16(20)13-4-3-7-22(10-13)15(23)5-9-24-2/h6,8,12-13H,3-5,7,9-11H2,1-2H3/t13-/m1/s1. The number of carbonyl (C=O) groups excluding carboxylic acids is 1. The van der Waals surface area contributed by atoms with Gasteiger partial charge in [0.1, 0.15) is 5.82 Å². The van der Waals surface area contributed by atoms with E-state index in [1.54, 1.807) is 24.3 Å². The van der Waals surface area contributed by atoms with E-state index in [4.69, 9.17) is 0 Å². The Balaban J connectivity index is 1.67. The van der Waals surface area contributed by atoms with Crippen molar-refractivity contribution >= 4 is 17.7 Å². The zero-order chi connectivity index (χ0) is 16.9. The van der Waals surface area contributed by atoms with Gasteiger partial charge in [0.25, 0.3) is 0 Å². The summed E-state index contributed by atoms with van der Waals surface area (Å²) < 4.78 is 4.05. The Morgan fingerprint density at radius 3 is 3.04 bits per heavy atom. The zero-order valence-corrected chi connectivity index (χ0v) is 15.1. The number of aromatic nitrogens is 5. The molecule has 0 saturated carbocycles. The zero-order valence-electron chi connectivity index (χ0n) is 14.3. The number of hydrogen-bond donors (Lipinski definition) is 0. The largest absolute Gasteiger partial charge is 0.342 e. The topological polar surface area (TPSA) is 68.8 Å². The maximum absolute atomic E-state index is 12.3. The highest BCUT2D eigenvalue weighted by molar-refractivity contribution is 7.98. The number of piperidine rings is 1. The van der Waals surface area contributed by atoms with Gasteiger partial charge in [-0.2, -0.15) is 11.8 Å². The molecule has 2 aromatic rings. The Morgan fingerprint density at radius 2 is 2.29 bits per heavy atom. The predicted molar refractivity (Wildman–Crippen MR) is 93.9 cm³/mol. The van der Waals surface area contributed by atoms with Gasteiger partial charge in [-0.15, -0.1) is 10.2 Å². The Bertz CT molecular complexity index is 668. The van der Waals surface area contributed by atoms with Gasteiger partial charge in [0.2, 0.25) is 5.91 Å². The molecule has 8 heteroatoms. The molecule has 1 aliphatic rings. The van der Waals surface area contributed by atoms with Crippen LogP contribution in [0, 0.1) is 0 Å². The fourth-order valence-electron chi connectivity index (χ4n) is 3.17. The summed E-state index contributed by atoms with van der Waals surface area (Å²) in [6.45, 7) is 2.28. The Kier molecular flexibility index (Phi) is 5.55. The van der Waals surface area contributed by atoms with E-state index in [0.29, 0.717) is 13.0 Å². The molecule has 3 heterocycles. The van der Waals surface area contributed by atoms with Crippen LogP contribution >= 0.6 is 11.8 Å². The first kappa shape index (κ1) is 17.0. The summed E-state index contributed by atoms with van der Waals surface area (Å²) in [5, 5.41) is 8.76. The molecule has 2 aromatic heterocycles. The van der Waals surface area contributed by atoms with Crippen LogP contribution in [0.25, 0.3) is 0 Å². The van der Waals surface area contributed by atoms with Crippen LogP contribution in [0.5, 0.6) is 0 Å². The minimum Gasteiger partial charge on any atom is -0.342 e. The molecule has 7 nitrogen and oxygen atoms in total. The normalized spacial score (nSPS) is 18.1. The maximum atomic E-state index is 12.3. The number of carbonyl (C=O) groups is 1. The summed E-state index contributed by atoms with van der Waals surface area (Å²) in [6, 6.07) is 0. The van der Waals surface area contributed by atoms with Gasteiger partial charge >= 0.3 is 0 Å². The lowest BCUT2D eigenvalue weighted by Gasteiger charge is -2.32. The molecule has 0 spiro atoms. The molecule has 0 aromatic carbocycles. The van der Waals surface area contributed by atoms with Gasteiger partial charge in [0, 0.05) is 50.6 Å². The molecule has 0 bridgehead atoms. The number of imidazole rings is 1. The van der Waals surface area contributed by atoms with Crippen molar-refractivity contribution in [2.24, 2.45) is 7.05 Å². The third-order valence-corrected chi connectivity index (χ3v) is 5.15. The molecular weight excluding hydrogens is 324 g/mol. The Hall–Kier alpha value is -1.83. The third kappa shape index (κ3) is 3.80. The average Bonchev–Trinajstić information content (AvgIpc) is 3.24. The first-order valence-electron chi connectivity index (χ1n) is 8.29. The van der Waals surface area contributed by atoms with E-state index in [1.165, 1.54) is 0 Å². The van der Waals surface area contributed by atoms with Crippen molar-refractivity contribution in [2.45, 2.75) is 31.7 Å². The van der Waals surface area contributed by atoms with Crippen LogP contribution in [0.3, 0.4) is 0 Å². The van der Waals surface area contributed by atoms with E-state index < -0.39 is 0 Å². The van der Waals surface area contributed by atoms with Crippen molar-refractivity contribution in [3.8, 4) is 0 Å². The lowest BCUT2D eigenvalue weighted by molar-refractivity contribution is -0.132. The molecule has 24 heavy (non-hydrogen) atoms. The van der Waals surface area contributed by atoms with Gasteiger partial charge in [-0.25, -0.2) is 4.98 Å². The average molecular weight is 348 g/mol. The molecule has 0 aliphatic carbocycles. The molecule has 1 saturated heterocycles. The smallest absolute Gasteiger partial charge is 0.223 e. The van der Waals surface area contributed by atoms with Crippen molar-refractivity contribution in [3.05, 3.63) is 30.4 Å². The first-order chi connectivity index (χ1) is 11.7. The Morgan fingerprint density at radius 1 is 1.42 bits per heavy atom. The van der Waals surface area contributed by atoms with E-state index in [2.05, 4.69) is 19.7 Å². The van der Waals surface area contributed by atoms with Gasteiger partial charge < -0.3 is 14.0 Å². The highest BCUT2D eigenvalue weighted by atomic mass is 32.2. The first-order valence-corrected chi connectivity index (χ1v) is 9.69. The van der Waals surface area contributed by atoms with Crippen molar-refractivity contribution in [2.75, 3.05) is 25.1 Å². The van der Waals surface area contributed by atoms with Crippen molar-refractivity contribution in [1.82, 2.24) is 29.2 Å². The van der Waals surface area contributed by atoms with Crippen molar-refractivity contribution in [1.29, 1.82) is 0 Å². The lowest BCUT2D eigenvalue weighted by Crippen LogP contribution is -2.39. The molecule has 1 aliphatic heterocycles. The molecular formula is C16H24N6OS. The third-order valence-electron chi connectivity index (χ3n) is 4.54. The second-order valence-corrected chi connectivity index (χ2v) is 7.18. The van der Waals surface area contributed by atoms with Crippen LogP contribution in [0.4, 0.5) is 0 Å². The van der Waals surface area contributed by atoms with Crippen LogP contribution in [-0.4, -0.2) is 60.2 Å². The molecule has 1 atom stereocenters. The van der Waals surface area contributed by atoms with Crippen LogP contribution in [-0.2, 0) is 18.4 Å². The minimum atomic E-state index is 0.259. The van der Waals surface area contributed by atoms with Crippen LogP contribution in [0.15, 0.2) is 18.7 Å². The van der Waals surface area contributed by atoms with Crippen LogP contribution < -0.4 is 0 Å². The van der Waals surface area contributed by atoms with Crippen molar-refractivity contribution in [3.63, 3.8) is 0 Å². The van der Waals surface area contributed by atoms with E-state index in [-0.39, 0.29) is 11.8 Å². The Labute approximate surface area is 146 Å². The quantitative estimate of drug-likeness (QED) is 0.792. The molecule has 3 rings (SSSR count). The SMILES string of the molecule is CSCCC(=O)N1CCC[C@@H](c2nnc(Cn3ccnc3)n2C)C1. The maximum Gasteiger partial charge on any atom is 0.223 e. The number of amides is 1. The van der Waals surface area contributed by atoms with E-state index in [9.17, 15) is 4.79 Å². The fraction of sp³-hybridized carbons (Fsp3) is 0.625. The second-order valence-electron chi connectivity index (χ2n) is 6.19. The molecule has 1 amide bonds. The highest BCUT2D eigenvalue weighted by Crippen LogP contribution is 2.26. The second kappa shape index (κ2) is 7.83. The predicted octanol–water partition coefficient (Wildman–Crippen LogP) is 1.52. The van der Waals surface area contributed by atoms with E-state index in [0.717, 1.165) is 43.3 Å². The molecule has 0 N–H and O–H groups in total. The summed E-state index contributed by atoms with van der Waals surface area (Å²) in [4.78, 5) is 18.3. The van der Waals surface area contributed by atoms with Gasteiger partial charge in [0.15, 0.2) is 5.82 Å². The van der Waals surface area contributed by atoms with Gasteiger partial charge in [0.05, 0.1) is 12.9 Å². The van der Waals surface area contributed by atoms with Crippen LogP contribution in [0.2, 0.25) is 0 Å². The van der Waals surface area contributed by atoms with Gasteiger partial charge in [-0.3, -0.25) is 4.79 Å². The number of hydrogen-bond acceptors (Lipinski definition) is 5. The lowest BCUT2D eigenvalue weighted by atomic mass is 9.97. The number of nitrogens with zero attached hydrogens (tertiary/aromatic N) is 6. The van der Waals surface area contributed by atoms with Crippen LogP contribution in [0.1, 0.15) is 36.8 Å². The fourth-order valence-corrected chi connectivity index (χ4v) is 3.55. The molecule has 0 unspecified atom stereocenters. The monoisotopic (exact) mass is 348 g/mol. The summed E-state index contributed by atoms with van der Waals surface area (Å²) in [6.07, 6.45) is 10.2. The molecule has 0 radical (unpaired) electrons. The number of thioether (sulfide) groups is 1. The summed E-state index contributed by atoms with van der Waals surface area (Å²) in [5.74, 6) is 3.31. The number of likely N-dealkylation sites (tertiary alicyclic amines) is 1.